The van der Waals surface area contributed by atoms with E-state index in [0.29, 0.717) is 91.4 Å². The predicted octanol–water partition coefficient (Wildman–Crippen LogP) is 11.7. The van der Waals surface area contributed by atoms with Crippen LogP contribution in [0.1, 0.15) is 80.6 Å². The number of hydrogen-bond acceptors (Lipinski definition) is 26. The van der Waals surface area contributed by atoms with Crippen molar-refractivity contribution in [3.05, 3.63) is 217 Å². The fourth-order valence-electron chi connectivity index (χ4n) is 9.80. The molecule has 16 heterocycles. The first-order valence-electron chi connectivity index (χ1n) is 29.6. The molecule has 14 aromatic heterocycles. The molecular weight excluding hydrogens is 1330 g/mol. The minimum Gasteiger partial charge on any atom is -0.477 e. The number of aromatic carboxylic acids is 1. The Morgan fingerprint density at radius 3 is 1.43 bits per heavy atom. The number of anilines is 10. The summed E-state index contributed by atoms with van der Waals surface area (Å²) >= 11 is 11.7. The lowest BCUT2D eigenvalue weighted by Gasteiger charge is -2.24. The first-order valence-corrected chi connectivity index (χ1v) is 30.4. The van der Waals surface area contributed by atoms with E-state index in [9.17, 15) is 14.4 Å². The van der Waals surface area contributed by atoms with Crippen LogP contribution in [0.5, 0.6) is 0 Å². The highest BCUT2D eigenvalue weighted by Crippen LogP contribution is 2.36. The minimum absolute atomic E-state index is 0. The standard InChI is InChI=1S/C24H21N9O2.C15H10ClN7O2.C10H6ClN5O3.C9H12N2.C5H6N2.ClH/c34-23(27-15-6-10-25-11-7-15)18-14-20(32-31-18)29-22-21-17(8-13-35-21)28-24(30-22)33-12-3-5-19(33)16-4-1-2-9-26-16;16-15-19-9-3-6-25-12(9)13(21-15)20-11-7-10(22-23-11)14(24)18-8-1-4-17-5-2-8;11-10-12-4-1-2-19-7(4)8(14-10)13-6-3-5(9(17)18)15-16-6;1-2-6-10-8(4-1)9-5-3-7-11-9;6-5-1-3-7-4-2-5;/h1-2,4,6-11,13-14,19H,3,5,12H2,(H,25,27,34)(H2,28,29,30,31,32);1-7H,(H,17,18,24)(H2,19,20,21,22,23);1-3H,(H,17,18)(H2,12,13,14,15,16);1-2,4,6,9,11H,3,5,7H2;1-4H,(H2,6,7);1H. The topological polar surface area (TPSA) is 440 Å². The van der Waals surface area contributed by atoms with Crippen molar-refractivity contribution in [2.45, 2.75) is 37.8 Å². The minimum atomic E-state index is -1.11. The summed E-state index contributed by atoms with van der Waals surface area (Å²) in [4.78, 5) is 83.7. The molecule has 2 fully saturated rings. The lowest BCUT2D eigenvalue weighted by Crippen LogP contribution is -2.25. The number of nitrogens with one attached hydrogen (secondary N) is 9. The van der Waals surface area contributed by atoms with E-state index in [4.69, 9.17) is 57.3 Å². The van der Waals surface area contributed by atoms with Crippen molar-refractivity contribution in [1.82, 2.24) is 90.7 Å². The Balaban J connectivity index is 0.000000135. The molecule has 14 aromatic rings. The number of nitrogens with zero attached hydrogens (tertiary/aromatic N) is 15. The van der Waals surface area contributed by atoms with Gasteiger partial charge in [0.15, 0.2) is 51.7 Å². The van der Waals surface area contributed by atoms with Gasteiger partial charge in [0.25, 0.3) is 11.8 Å². The number of aromatic nitrogens is 17. The number of nitrogens with two attached hydrogens (primary N) is 1. The lowest BCUT2D eigenvalue weighted by molar-refractivity contribution is 0.0690. The number of pyridine rings is 5. The molecule has 0 bridgehead atoms. The van der Waals surface area contributed by atoms with E-state index in [0.717, 1.165) is 37.3 Å². The smallest absolute Gasteiger partial charge is 0.353 e. The SMILES string of the molecule is Cl.Nc1ccncc1.O=C(Nc1ccncc1)c1cc(Nc2nc(Cl)nc3ccoc23)n[nH]1.O=C(Nc1ccncc1)c1cc(Nc2nc(N3CCCC3c3ccccn3)nc3ccoc23)n[nH]1.O=C(O)c1cc(Nc2nc(Cl)nc3ccoc23)n[nH]1.c1ccc(C2CCCN2)nc1. The second-order valence-electron chi connectivity index (χ2n) is 20.8. The predicted molar refractivity (Wildman–Crippen MR) is 366 cm³/mol. The summed E-state index contributed by atoms with van der Waals surface area (Å²) in [5.41, 5.74) is 13.2. The summed E-state index contributed by atoms with van der Waals surface area (Å²) in [5.74, 6) is 1.04. The number of amides is 2. The molecule has 32 nitrogen and oxygen atoms in total. The zero-order valence-corrected chi connectivity index (χ0v) is 53.3. The number of rotatable bonds is 14. The van der Waals surface area contributed by atoms with Gasteiger partial charge >= 0.3 is 5.97 Å². The van der Waals surface area contributed by atoms with Gasteiger partial charge < -0.3 is 60.9 Å². The van der Waals surface area contributed by atoms with Crippen LogP contribution in [0.3, 0.4) is 0 Å². The van der Waals surface area contributed by atoms with E-state index < -0.39 is 5.97 Å². The zero-order valence-electron chi connectivity index (χ0n) is 51.0. The maximum Gasteiger partial charge on any atom is 0.353 e. The lowest BCUT2D eigenvalue weighted by atomic mass is 10.1. The molecular formula is C63H56Cl3N25O7. The molecule has 0 radical (unpaired) electrons. The Morgan fingerprint density at radius 1 is 0.531 bits per heavy atom. The second kappa shape index (κ2) is 32.1. The highest BCUT2D eigenvalue weighted by molar-refractivity contribution is 6.29. The summed E-state index contributed by atoms with van der Waals surface area (Å²) in [6.07, 6.45) is 22.4. The van der Waals surface area contributed by atoms with Crippen molar-refractivity contribution in [3.63, 3.8) is 0 Å². The molecule has 98 heavy (non-hydrogen) atoms. The van der Waals surface area contributed by atoms with E-state index in [-0.39, 0.29) is 58.0 Å². The van der Waals surface area contributed by atoms with Crippen molar-refractivity contribution in [1.29, 1.82) is 0 Å². The molecule has 0 aliphatic carbocycles. The maximum absolute atomic E-state index is 12.6. The molecule has 0 spiro atoms. The van der Waals surface area contributed by atoms with Gasteiger partial charge in [-0.25, -0.2) is 19.7 Å². The molecule has 12 N–H and O–H groups in total. The van der Waals surface area contributed by atoms with Crippen LogP contribution in [0.25, 0.3) is 33.3 Å². The van der Waals surface area contributed by atoms with Crippen LogP contribution in [0, 0.1) is 0 Å². The molecule has 2 aliphatic rings. The fraction of sp³-hybridized carbons (Fsp3) is 0.127. The number of halogens is 3. The number of H-pyrrole nitrogens is 3. The molecule has 0 saturated carbocycles. The van der Waals surface area contributed by atoms with Crippen LogP contribution in [0.2, 0.25) is 10.6 Å². The van der Waals surface area contributed by atoms with Gasteiger partial charge in [0.05, 0.1) is 36.2 Å². The monoisotopic (exact) mass is 1380 g/mol. The second-order valence-corrected chi connectivity index (χ2v) is 21.5. The van der Waals surface area contributed by atoms with Crippen LogP contribution >= 0.6 is 35.6 Å². The zero-order chi connectivity index (χ0) is 66.9. The van der Waals surface area contributed by atoms with Crippen LogP contribution < -0.4 is 42.5 Å². The third-order valence-corrected chi connectivity index (χ3v) is 14.6. The number of hydrogen-bond donors (Lipinski definition) is 11. The Bertz CT molecular complexity index is 4910. The van der Waals surface area contributed by atoms with Gasteiger partial charge in [0, 0.05) is 116 Å². The summed E-state index contributed by atoms with van der Waals surface area (Å²) in [7, 11) is 0. The quantitative estimate of drug-likeness (QED) is 0.0450. The van der Waals surface area contributed by atoms with E-state index in [1.165, 1.54) is 37.1 Å². The molecule has 2 amide bonds. The van der Waals surface area contributed by atoms with E-state index in [2.05, 4.69) is 118 Å². The summed E-state index contributed by atoms with van der Waals surface area (Å²) in [6.45, 7) is 1.97. The summed E-state index contributed by atoms with van der Waals surface area (Å²) < 4.78 is 16.2. The molecule has 2 unspecified atom stereocenters. The number of carbonyl (C=O) groups excluding carboxylic acids is 2. The van der Waals surface area contributed by atoms with Gasteiger partial charge in [-0.3, -0.25) is 49.8 Å². The van der Waals surface area contributed by atoms with Gasteiger partial charge in [-0.15, -0.1) is 12.4 Å². The highest BCUT2D eigenvalue weighted by atomic mass is 35.5. The molecule has 16 rings (SSSR count). The Hall–Kier alpha value is -12.5. The highest BCUT2D eigenvalue weighted by Gasteiger charge is 2.30. The average molecular weight is 1380 g/mol. The molecule has 2 atom stereocenters. The molecule has 35 heteroatoms. The molecule has 0 aromatic carbocycles. The summed E-state index contributed by atoms with van der Waals surface area (Å²) in [5, 5.41) is 46.6. The first kappa shape index (κ1) is 66.9. The molecule has 2 aliphatic heterocycles. The number of nitrogen functional groups attached to an aromatic ring is 1. The fourth-order valence-corrected chi connectivity index (χ4v) is 10.2. The van der Waals surface area contributed by atoms with Crippen molar-refractivity contribution in [3.8, 4) is 0 Å². The number of carboxylic acid groups (broad SMARTS) is 1. The summed E-state index contributed by atoms with van der Waals surface area (Å²) in [6, 6.07) is 32.5. The number of fused-ring (bicyclic) bond motifs is 3. The number of furan rings is 3. The van der Waals surface area contributed by atoms with Crippen LogP contribution in [-0.2, 0) is 0 Å². The molecule has 496 valence electrons. The van der Waals surface area contributed by atoms with E-state index in [1.807, 2.05) is 36.5 Å². The van der Waals surface area contributed by atoms with Crippen molar-refractivity contribution < 1.29 is 32.7 Å². The van der Waals surface area contributed by atoms with Gasteiger partial charge in [-0.1, -0.05) is 12.1 Å². The van der Waals surface area contributed by atoms with Gasteiger partial charge in [0.2, 0.25) is 16.5 Å². The van der Waals surface area contributed by atoms with Crippen LogP contribution in [-0.4, -0.2) is 121 Å². The van der Waals surface area contributed by atoms with Gasteiger partial charge in [-0.2, -0.15) is 30.2 Å². The maximum atomic E-state index is 12.6. The third-order valence-electron chi connectivity index (χ3n) is 14.3. The van der Waals surface area contributed by atoms with Crippen molar-refractivity contribution >= 4 is 145 Å². The number of carbonyl (C=O) groups is 3. The Morgan fingerprint density at radius 2 is 0.990 bits per heavy atom. The number of carboxylic acids is 1. The third kappa shape index (κ3) is 17.2. The van der Waals surface area contributed by atoms with E-state index >= 15 is 0 Å². The van der Waals surface area contributed by atoms with E-state index in [1.54, 1.807) is 116 Å². The van der Waals surface area contributed by atoms with Crippen LogP contribution in [0.15, 0.2) is 191 Å². The Labute approximate surface area is 570 Å². The van der Waals surface area contributed by atoms with Crippen molar-refractivity contribution in [2.75, 3.05) is 50.3 Å². The Kier molecular flexibility index (Phi) is 21.9. The van der Waals surface area contributed by atoms with Crippen molar-refractivity contribution in [2.24, 2.45) is 0 Å². The number of aromatic amines is 3. The first-order chi connectivity index (χ1) is 47.4. The molecule has 2 saturated heterocycles. The normalized spacial score (nSPS) is 13.6. The van der Waals surface area contributed by atoms with Gasteiger partial charge in [0.1, 0.15) is 33.6 Å². The average Bonchev–Trinajstić information content (AvgIpc) is 1.71. The van der Waals surface area contributed by atoms with Crippen LogP contribution in [0.4, 0.5) is 57.9 Å². The van der Waals surface area contributed by atoms with Gasteiger partial charge in [-0.05, 0) is 116 Å². The largest absolute Gasteiger partial charge is 0.477 e.